The van der Waals surface area contributed by atoms with Gasteiger partial charge in [0.05, 0.1) is 0 Å². The Morgan fingerprint density at radius 1 is 1.12 bits per heavy atom. The van der Waals surface area contributed by atoms with Gasteiger partial charge in [-0.3, -0.25) is 9.69 Å². The van der Waals surface area contributed by atoms with Crippen LogP contribution in [0.4, 0.5) is 0 Å². The Morgan fingerprint density at radius 3 is 2.31 bits per heavy atom. The quantitative estimate of drug-likeness (QED) is 0.627. The molecule has 0 unspecified atom stereocenters. The lowest BCUT2D eigenvalue weighted by atomic mass is 9.80. The summed E-state index contributed by atoms with van der Waals surface area (Å²) in [6.07, 6.45) is 1.75. The Hall–Kier alpha value is -2.90. The van der Waals surface area contributed by atoms with Crippen molar-refractivity contribution < 1.29 is 19.6 Å². The average molecular weight is 350 g/mol. The Morgan fingerprint density at radius 2 is 1.77 bits per heavy atom. The van der Waals surface area contributed by atoms with E-state index < -0.39 is 7.12 Å². The minimum Gasteiger partial charge on any atom is -0.489 e. The van der Waals surface area contributed by atoms with E-state index >= 15 is 0 Å². The number of benzene rings is 2. The highest BCUT2D eigenvalue weighted by Crippen LogP contribution is 2.19. The van der Waals surface area contributed by atoms with E-state index in [-0.39, 0.29) is 5.91 Å². The number of ether oxygens (including phenoxy) is 1. The number of rotatable bonds is 5. The molecule has 26 heavy (non-hydrogen) atoms. The zero-order valence-electron chi connectivity index (χ0n) is 14.6. The Bertz CT molecular complexity index is 858. The summed E-state index contributed by atoms with van der Waals surface area (Å²) < 4.78 is 5.72. The molecule has 132 valence electrons. The highest BCUT2D eigenvalue weighted by molar-refractivity contribution is 6.58. The summed E-state index contributed by atoms with van der Waals surface area (Å²) in [5.41, 5.74) is 2.65. The van der Waals surface area contributed by atoms with Crippen molar-refractivity contribution in [1.29, 1.82) is 0 Å². The summed E-state index contributed by atoms with van der Waals surface area (Å²) in [5.74, 6) is 1.27. The molecule has 0 radical (unpaired) electrons. The lowest BCUT2D eigenvalue weighted by Gasteiger charge is -2.08. The first-order valence-corrected chi connectivity index (χ1v) is 8.17. The highest BCUT2D eigenvalue weighted by atomic mass is 16.5. The number of amides is 1. The predicted octanol–water partition coefficient (Wildman–Crippen LogP) is 1.18. The first kappa shape index (κ1) is 17.9. The van der Waals surface area contributed by atoms with Crippen molar-refractivity contribution in [3.05, 3.63) is 65.4 Å². The lowest BCUT2D eigenvalue weighted by molar-refractivity contribution is -0.121. The van der Waals surface area contributed by atoms with Gasteiger partial charge in [-0.1, -0.05) is 36.4 Å². The number of nitrogens with zero attached hydrogens (tertiary/aromatic N) is 2. The molecule has 2 aromatic rings. The van der Waals surface area contributed by atoms with E-state index in [9.17, 15) is 4.79 Å². The molecule has 0 aromatic heterocycles. The minimum absolute atomic E-state index is 0.112. The van der Waals surface area contributed by atoms with Crippen LogP contribution in [0.3, 0.4) is 0 Å². The van der Waals surface area contributed by atoms with Crippen LogP contribution in [0.15, 0.2) is 59.2 Å². The molecule has 0 saturated carbocycles. The van der Waals surface area contributed by atoms with Gasteiger partial charge < -0.3 is 14.8 Å². The summed E-state index contributed by atoms with van der Waals surface area (Å²) >= 11 is 0. The molecular formula is C19H19BN2O4. The van der Waals surface area contributed by atoms with Gasteiger partial charge in [-0.2, -0.15) is 0 Å². The maximum atomic E-state index is 12.0. The topological polar surface area (TPSA) is 82.4 Å². The molecule has 1 aliphatic heterocycles. The van der Waals surface area contributed by atoms with Gasteiger partial charge in [0.15, 0.2) is 0 Å². The molecule has 0 fully saturated rings. The van der Waals surface area contributed by atoms with Gasteiger partial charge in [-0.05, 0) is 41.7 Å². The second-order valence-electron chi connectivity index (χ2n) is 6.03. The summed E-state index contributed by atoms with van der Waals surface area (Å²) in [7, 11) is 0.235. The second kappa shape index (κ2) is 7.55. The fourth-order valence-corrected chi connectivity index (χ4v) is 2.48. The molecule has 2 N–H and O–H groups in total. The van der Waals surface area contributed by atoms with Crippen molar-refractivity contribution in [2.75, 3.05) is 7.05 Å². The molecule has 1 heterocycles. The summed E-state index contributed by atoms with van der Waals surface area (Å²) in [5, 5.41) is 18.2. The molecule has 0 spiro atoms. The van der Waals surface area contributed by atoms with Crippen molar-refractivity contribution in [2.45, 2.75) is 13.5 Å². The largest absolute Gasteiger partial charge is 0.489 e. The SMILES string of the molecule is CC1=N/C(=C\c2ccc(OCc3ccc(B(O)O)cc3)cc2)C(=O)N1C. The van der Waals surface area contributed by atoms with Crippen molar-refractivity contribution in [3.8, 4) is 5.75 Å². The van der Waals surface area contributed by atoms with Gasteiger partial charge in [0.2, 0.25) is 0 Å². The third kappa shape index (κ3) is 4.01. The van der Waals surface area contributed by atoms with E-state index in [2.05, 4.69) is 4.99 Å². The smallest absolute Gasteiger partial charge is 0.488 e. The minimum atomic E-state index is -1.47. The molecule has 0 bridgehead atoms. The second-order valence-corrected chi connectivity index (χ2v) is 6.03. The Labute approximate surface area is 152 Å². The van der Waals surface area contributed by atoms with Crippen molar-refractivity contribution in [2.24, 2.45) is 4.99 Å². The van der Waals surface area contributed by atoms with E-state index in [0.717, 1.165) is 11.1 Å². The van der Waals surface area contributed by atoms with Crippen LogP contribution in [0.25, 0.3) is 6.08 Å². The lowest BCUT2D eigenvalue weighted by Crippen LogP contribution is -2.29. The first-order valence-electron chi connectivity index (χ1n) is 8.17. The molecule has 3 rings (SSSR count). The van der Waals surface area contributed by atoms with E-state index in [1.54, 1.807) is 44.3 Å². The summed E-state index contributed by atoms with van der Waals surface area (Å²) in [6, 6.07) is 14.3. The van der Waals surface area contributed by atoms with Crippen molar-refractivity contribution in [1.82, 2.24) is 4.90 Å². The van der Waals surface area contributed by atoms with Gasteiger partial charge in [0, 0.05) is 7.05 Å². The molecular weight excluding hydrogens is 331 g/mol. The molecule has 7 heteroatoms. The van der Waals surface area contributed by atoms with Crippen LogP contribution >= 0.6 is 0 Å². The fraction of sp³-hybridized carbons (Fsp3) is 0.158. The number of amidine groups is 1. The number of hydrogen-bond donors (Lipinski definition) is 2. The number of carbonyl (C=O) groups excluding carboxylic acids is 1. The molecule has 2 aromatic carbocycles. The van der Waals surface area contributed by atoms with Gasteiger partial charge in [0.1, 0.15) is 23.9 Å². The molecule has 0 aliphatic carbocycles. The van der Waals surface area contributed by atoms with E-state index in [0.29, 0.717) is 29.4 Å². The highest BCUT2D eigenvalue weighted by Gasteiger charge is 2.23. The average Bonchev–Trinajstić information content (AvgIpc) is 2.88. The van der Waals surface area contributed by atoms with Crippen LogP contribution in [0.2, 0.25) is 0 Å². The van der Waals surface area contributed by atoms with Crippen LogP contribution < -0.4 is 10.2 Å². The standard InChI is InChI=1S/C19H19BN2O4/c1-13-21-18(19(23)22(13)2)11-14-5-9-17(10-6-14)26-12-15-3-7-16(8-4-15)20(24)25/h3-11,24-25H,12H2,1-2H3/b18-11-. The number of aliphatic imine (C=N–C) groups is 1. The van der Waals surface area contributed by atoms with Crippen LogP contribution in [-0.2, 0) is 11.4 Å². The Balaban J connectivity index is 1.62. The fourth-order valence-electron chi connectivity index (χ4n) is 2.48. The molecule has 1 amide bonds. The predicted molar refractivity (Wildman–Crippen MR) is 101 cm³/mol. The van der Waals surface area contributed by atoms with Crippen LogP contribution in [-0.4, -0.2) is 40.9 Å². The molecule has 0 saturated heterocycles. The zero-order chi connectivity index (χ0) is 18.7. The van der Waals surface area contributed by atoms with Gasteiger partial charge >= 0.3 is 7.12 Å². The van der Waals surface area contributed by atoms with E-state index in [1.807, 2.05) is 24.3 Å². The third-order valence-electron chi connectivity index (χ3n) is 4.16. The van der Waals surface area contributed by atoms with Crippen LogP contribution in [0.5, 0.6) is 5.75 Å². The molecule has 6 nitrogen and oxygen atoms in total. The monoisotopic (exact) mass is 350 g/mol. The number of likely N-dealkylation sites (N-methyl/N-ethyl adjacent to an activating group) is 1. The number of hydrogen-bond acceptors (Lipinski definition) is 5. The van der Waals surface area contributed by atoms with E-state index in [4.69, 9.17) is 14.8 Å². The third-order valence-corrected chi connectivity index (χ3v) is 4.16. The van der Waals surface area contributed by atoms with Crippen LogP contribution in [0.1, 0.15) is 18.1 Å². The summed E-state index contributed by atoms with van der Waals surface area (Å²) in [4.78, 5) is 17.8. The molecule has 0 atom stereocenters. The van der Waals surface area contributed by atoms with Crippen molar-refractivity contribution >= 4 is 30.4 Å². The maximum absolute atomic E-state index is 12.0. The van der Waals surface area contributed by atoms with Gasteiger partial charge in [0.25, 0.3) is 5.91 Å². The Kier molecular flexibility index (Phi) is 5.20. The maximum Gasteiger partial charge on any atom is 0.488 e. The first-order chi connectivity index (χ1) is 12.4. The molecule has 1 aliphatic rings. The normalized spacial score (nSPS) is 15.4. The summed E-state index contributed by atoms with van der Waals surface area (Å²) in [6.45, 7) is 2.17. The van der Waals surface area contributed by atoms with Crippen molar-refractivity contribution in [3.63, 3.8) is 0 Å². The van der Waals surface area contributed by atoms with E-state index in [1.165, 1.54) is 4.90 Å². The van der Waals surface area contributed by atoms with Crippen LogP contribution in [0, 0.1) is 0 Å². The number of carbonyl (C=O) groups is 1. The van der Waals surface area contributed by atoms with Gasteiger partial charge in [-0.15, -0.1) is 0 Å². The zero-order valence-corrected chi connectivity index (χ0v) is 14.6. The van der Waals surface area contributed by atoms with Gasteiger partial charge in [-0.25, -0.2) is 4.99 Å².